The Morgan fingerprint density at radius 3 is 2.19 bits per heavy atom. The van der Waals surface area contributed by atoms with Gasteiger partial charge >= 0.3 is 11.8 Å². The second-order valence-electron chi connectivity index (χ2n) is 8.11. The van der Waals surface area contributed by atoms with E-state index in [-0.39, 0.29) is 17.7 Å². The Hall–Kier alpha value is -3.20. The molecule has 0 aliphatic carbocycles. The van der Waals surface area contributed by atoms with Crippen molar-refractivity contribution in [2.24, 2.45) is 0 Å². The highest BCUT2D eigenvalue weighted by Crippen LogP contribution is 2.24. The third-order valence-corrected chi connectivity index (χ3v) is 6.76. The molecule has 32 heavy (non-hydrogen) atoms. The number of benzene rings is 1. The van der Waals surface area contributed by atoms with Crippen LogP contribution in [0.2, 0.25) is 0 Å². The van der Waals surface area contributed by atoms with E-state index in [1.54, 1.807) is 9.80 Å². The smallest absolute Gasteiger partial charge is 0.316 e. The lowest BCUT2D eigenvalue weighted by Gasteiger charge is -2.33. The van der Waals surface area contributed by atoms with E-state index in [9.17, 15) is 9.59 Å². The summed E-state index contributed by atoms with van der Waals surface area (Å²) in [6, 6.07) is 9.91. The highest BCUT2D eigenvalue weighted by molar-refractivity contribution is 7.08. The van der Waals surface area contributed by atoms with Crippen molar-refractivity contribution < 1.29 is 14.1 Å². The molecule has 2 fully saturated rings. The van der Waals surface area contributed by atoms with Crippen molar-refractivity contribution in [1.29, 1.82) is 0 Å². The van der Waals surface area contributed by atoms with Crippen LogP contribution in [0.4, 0.5) is 5.69 Å². The van der Waals surface area contributed by atoms with E-state index in [1.807, 2.05) is 29.0 Å². The van der Waals surface area contributed by atoms with Crippen molar-refractivity contribution in [2.45, 2.75) is 19.3 Å². The second-order valence-corrected chi connectivity index (χ2v) is 8.89. The molecule has 2 saturated heterocycles. The SMILES string of the molecule is O=C(c1ccsc1)N1CCN(C(=O)c2nc(-c3ccc(N4CCCCC4)cc3)no2)CC1. The summed E-state index contributed by atoms with van der Waals surface area (Å²) in [6.45, 7) is 4.03. The molecule has 2 aliphatic heterocycles. The first-order valence-corrected chi connectivity index (χ1v) is 11.9. The normalized spacial score (nSPS) is 16.9. The van der Waals surface area contributed by atoms with E-state index in [0.717, 1.165) is 18.7 Å². The van der Waals surface area contributed by atoms with Crippen molar-refractivity contribution in [2.75, 3.05) is 44.2 Å². The fraction of sp³-hybridized carbons (Fsp3) is 0.391. The summed E-state index contributed by atoms with van der Waals surface area (Å²) in [5, 5.41) is 7.75. The highest BCUT2D eigenvalue weighted by atomic mass is 32.1. The second kappa shape index (κ2) is 9.12. The number of aromatic nitrogens is 2. The van der Waals surface area contributed by atoms with Crippen LogP contribution < -0.4 is 4.90 Å². The molecule has 2 aliphatic rings. The first kappa shape index (κ1) is 20.7. The first-order valence-electron chi connectivity index (χ1n) is 11.0. The molecule has 0 unspecified atom stereocenters. The van der Waals surface area contributed by atoms with Gasteiger partial charge in [-0.3, -0.25) is 9.59 Å². The zero-order valence-electron chi connectivity index (χ0n) is 17.8. The largest absolute Gasteiger partial charge is 0.372 e. The minimum Gasteiger partial charge on any atom is -0.372 e. The lowest BCUT2D eigenvalue weighted by atomic mass is 10.1. The third-order valence-electron chi connectivity index (χ3n) is 6.08. The van der Waals surface area contributed by atoms with Gasteiger partial charge in [0.2, 0.25) is 5.82 Å². The number of anilines is 1. The number of piperazine rings is 1. The van der Waals surface area contributed by atoms with Gasteiger partial charge in [-0.05, 0) is 55.0 Å². The monoisotopic (exact) mass is 451 g/mol. The van der Waals surface area contributed by atoms with Gasteiger partial charge in [-0.2, -0.15) is 16.3 Å². The van der Waals surface area contributed by atoms with Gasteiger partial charge < -0.3 is 19.2 Å². The van der Waals surface area contributed by atoms with Gasteiger partial charge in [0, 0.05) is 55.9 Å². The van der Waals surface area contributed by atoms with E-state index >= 15 is 0 Å². The predicted molar refractivity (Wildman–Crippen MR) is 122 cm³/mol. The average molecular weight is 452 g/mol. The van der Waals surface area contributed by atoms with Crippen LogP contribution in [0.15, 0.2) is 45.6 Å². The van der Waals surface area contributed by atoms with Crippen LogP contribution in [0.25, 0.3) is 11.4 Å². The molecular formula is C23H25N5O3S. The molecule has 4 heterocycles. The van der Waals surface area contributed by atoms with Crippen molar-refractivity contribution in [3.63, 3.8) is 0 Å². The Kier molecular flexibility index (Phi) is 5.89. The number of carbonyl (C=O) groups is 2. The van der Waals surface area contributed by atoms with E-state index < -0.39 is 0 Å². The molecule has 1 aromatic carbocycles. The summed E-state index contributed by atoms with van der Waals surface area (Å²) in [5.74, 6) is 0.102. The number of amides is 2. The van der Waals surface area contributed by atoms with Crippen LogP contribution in [0.5, 0.6) is 0 Å². The lowest BCUT2D eigenvalue weighted by molar-refractivity contribution is 0.0508. The van der Waals surface area contributed by atoms with Gasteiger partial charge in [-0.1, -0.05) is 5.16 Å². The summed E-state index contributed by atoms with van der Waals surface area (Å²) < 4.78 is 5.27. The molecule has 3 aromatic rings. The maximum Gasteiger partial charge on any atom is 0.316 e. The number of hydrogen-bond donors (Lipinski definition) is 0. The molecule has 5 rings (SSSR count). The van der Waals surface area contributed by atoms with Crippen LogP contribution in [-0.4, -0.2) is 71.0 Å². The zero-order valence-corrected chi connectivity index (χ0v) is 18.6. The number of piperidine rings is 1. The summed E-state index contributed by atoms with van der Waals surface area (Å²) in [4.78, 5) is 35.5. The Morgan fingerprint density at radius 2 is 1.53 bits per heavy atom. The highest BCUT2D eigenvalue weighted by Gasteiger charge is 2.28. The van der Waals surface area contributed by atoms with Crippen LogP contribution >= 0.6 is 11.3 Å². The molecular weight excluding hydrogens is 426 g/mol. The molecule has 0 saturated carbocycles. The molecule has 0 N–H and O–H groups in total. The van der Waals surface area contributed by atoms with Crippen molar-refractivity contribution in [3.05, 3.63) is 52.5 Å². The molecule has 0 radical (unpaired) electrons. The predicted octanol–water partition coefficient (Wildman–Crippen LogP) is 3.39. The van der Waals surface area contributed by atoms with E-state index in [2.05, 4.69) is 27.2 Å². The van der Waals surface area contributed by atoms with Gasteiger partial charge in [0.05, 0.1) is 5.56 Å². The van der Waals surface area contributed by atoms with E-state index in [0.29, 0.717) is 37.6 Å². The van der Waals surface area contributed by atoms with Gasteiger partial charge in [-0.25, -0.2) is 0 Å². The van der Waals surface area contributed by atoms with Crippen LogP contribution in [0.3, 0.4) is 0 Å². The van der Waals surface area contributed by atoms with E-state index in [4.69, 9.17) is 4.52 Å². The lowest BCUT2D eigenvalue weighted by Crippen LogP contribution is -2.50. The third kappa shape index (κ3) is 4.25. The van der Waals surface area contributed by atoms with Crippen molar-refractivity contribution >= 4 is 28.8 Å². The minimum absolute atomic E-state index is 0.00595. The number of thiophene rings is 1. The number of carbonyl (C=O) groups excluding carboxylic acids is 2. The maximum atomic E-state index is 12.8. The quantitative estimate of drug-likeness (QED) is 0.605. The Balaban J connectivity index is 1.20. The fourth-order valence-corrected chi connectivity index (χ4v) is 4.85. The summed E-state index contributed by atoms with van der Waals surface area (Å²) in [5.41, 5.74) is 2.71. The average Bonchev–Trinajstić information content (AvgIpc) is 3.57. The van der Waals surface area contributed by atoms with Gasteiger partial charge in [0.1, 0.15) is 0 Å². The number of nitrogens with zero attached hydrogens (tertiary/aromatic N) is 5. The number of hydrogen-bond acceptors (Lipinski definition) is 7. The molecule has 166 valence electrons. The van der Waals surface area contributed by atoms with Crippen molar-refractivity contribution in [1.82, 2.24) is 19.9 Å². The van der Waals surface area contributed by atoms with Gasteiger partial charge in [0.15, 0.2) is 0 Å². The zero-order chi connectivity index (χ0) is 21.9. The Bertz CT molecular complexity index is 1070. The molecule has 0 spiro atoms. The molecule has 0 bridgehead atoms. The molecule has 9 heteroatoms. The molecule has 0 atom stereocenters. The topological polar surface area (TPSA) is 82.8 Å². The minimum atomic E-state index is -0.295. The van der Waals surface area contributed by atoms with Gasteiger partial charge in [0.25, 0.3) is 5.91 Å². The molecule has 8 nitrogen and oxygen atoms in total. The maximum absolute atomic E-state index is 12.8. The van der Waals surface area contributed by atoms with Crippen molar-refractivity contribution in [3.8, 4) is 11.4 Å². The summed E-state index contributed by atoms with van der Waals surface area (Å²) in [7, 11) is 0. The van der Waals surface area contributed by atoms with Gasteiger partial charge in [-0.15, -0.1) is 0 Å². The first-order chi connectivity index (χ1) is 15.7. The molecule has 2 aromatic heterocycles. The Morgan fingerprint density at radius 1 is 0.844 bits per heavy atom. The summed E-state index contributed by atoms with van der Waals surface area (Å²) in [6.07, 6.45) is 3.76. The summed E-state index contributed by atoms with van der Waals surface area (Å²) >= 11 is 1.50. The Labute approximate surface area is 190 Å². The van der Waals surface area contributed by atoms with Crippen LogP contribution in [-0.2, 0) is 0 Å². The van der Waals surface area contributed by atoms with E-state index in [1.165, 1.54) is 36.3 Å². The fourth-order valence-electron chi connectivity index (χ4n) is 4.22. The molecule has 2 amide bonds. The standard InChI is InChI=1S/C23H25N5O3S/c29-22(18-8-15-32-16-18)27-11-13-28(14-12-27)23(30)21-24-20(25-31-21)17-4-6-19(7-5-17)26-9-2-1-3-10-26/h4-8,15-16H,1-3,9-14H2. The van der Waals surface area contributed by atoms with Crippen LogP contribution in [0.1, 0.15) is 40.3 Å². The number of rotatable bonds is 4. The van der Waals surface area contributed by atoms with Crippen LogP contribution in [0, 0.1) is 0 Å².